The number of hydrogen-bond acceptors (Lipinski definition) is 4. The van der Waals surface area contributed by atoms with Crippen LogP contribution in [0.1, 0.15) is 20.3 Å². The monoisotopic (exact) mass is 189 g/mol. The van der Waals surface area contributed by atoms with Crippen LogP contribution in [0.3, 0.4) is 0 Å². The maximum atomic E-state index is 11.1. The molecule has 0 fully saturated rings. The predicted molar refractivity (Wildman–Crippen MR) is 45.9 cm³/mol. The third-order valence-corrected chi connectivity index (χ3v) is 1.37. The average Bonchev–Trinajstić information content (AvgIpc) is 2.03. The van der Waals surface area contributed by atoms with E-state index in [9.17, 15) is 9.59 Å². The number of ether oxygens (including phenoxy) is 1. The maximum Gasteiger partial charge on any atom is 0.328 e. The summed E-state index contributed by atoms with van der Waals surface area (Å²) in [7, 11) is 0. The number of amides is 1. The minimum absolute atomic E-state index is 0.163. The van der Waals surface area contributed by atoms with Crippen LogP contribution in [0, 0.1) is 0 Å². The first-order valence-corrected chi connectivity index (χ1v) is 4.16. The smallest absolute Gasteiger partial charge is 0.328 e. The van der Waals surface area contributed by atoms with E-state index in [1.165, 1.54) is 6.92 Å². The predicted octanol–water partition coefficient (Wildman–Crippen LogP) is -0.563. The van der Waals surface area contributed by atoms with Crippen molar-refractivity contribution in [1.82, 2.24) is 5.32 Å². The molecular weight excluding hydrogens is 174 g/mol. The Hall–Kier alpha value is -1.10. The first kappa shape index (κ1) is 11.9. The van der Waals surface area contributed by atoms with Gasteiger partial charge >= 0.3 is 5.97 Å². The van der Waals surface area contributed by atoms with Gasteiger partial charge in [-0.25, -0.2) is 4.79 Å². The van der Waals surface area contributed by atoms with Gasteiger partial charge in [0.05, 0.1) is 6.61 Å². The first-order valence-electron chi connectivity index (χ1n) is 4.16. The van der Waals surface area contributed by atoms with Crippen LogP contribution in [0.4, 0.5) is 0 Å². The Morgan fingerprint density at radius 3 is 2.54 bits per heavy atom. The zero-order valence-corrected chi connectivity index (χ0v) is 7.87. The largest absolute Gasteiger partial charge is 0.464 e. The number of carbonyl (C=O) groups is 2. The van der Waals surface area contributed by atoms with Gasteiger partial charge < -0.3 is 15.2 Å². The van der Waals surface area contributed by atoms with Gasteiger partial charge in [-0.2, -0.15) is 0 Å². The number of rotatable bonds is 5. The second-order valence-electron chi connectivity index (χ2n) is 2.52. The summed E-state index contributed by atoms with van der Waals surface area (Å²) >= 11 is 0. The van der Waals surface area contributed by atoms with Crippen LogP contribution in [0.25, 0.3) is 0 Å². The minimum Gasteiger partial charge on any atom is -0.464 e. The van der Waals surface area contributed by atoms with Crippen LogP contribution in [0.2, 0.25) is 0 Å². The number of aliphatic hydroxyl groups excluding tert-OH is 1. The van der Waals surface area contributed by atoms with E-state index in [-0.39, 0.29) is 25.5 Å². The molecule has 0 saturated carbocycles. The van der Waals surface area contributed by atoms with Crippen molar-refractivity contribution in [3.8, 4) is 0 Å². The Labute approximate surface area is 77.1 Å². The molecule has 0 aromatic heterocycles. The van der Waals surface area contributed by atoms with E-state index in [0.717, 1.165) is 0 Å². The minimum atomic E-state index is -0.734. The van der Waals surface area contributed by atoms with Gasteiger partial charge in [-0.15, -0.1) is 0 Å². The quantitative estimate of drug-likeness (QED) is 0.568. The van der Waals surface area contributed by atoms with Gasteiger partial charge in [0, 0.05) is 20.0 Å². The molecule has 0 aliphatic heterocycles. The third kappa shape index (κ3) is 5.19. The van der Waals surface area contributed by atoms with Gasteiger partial charge in [0.15, 0.2) is 0 Å². The van der Waals surface area contributed by atoms with E-state index >= 15 is 0 Å². The van der Waals surface area contributed by atoms with E-state index < -0.39 is 12.0 Å². The second kappa shape index (κ2) is 6.42. The van der Waals surface area contributed by atoms with E-state index in [0.29, 0.717) is 0 Å². The lowest BCUT2D eigenvalue weighted by atomic mass is 10.2. The molecule has 76 valence electrons. The van der Waals surface area contributed by atoms with Crippen LogP contribution < -0.4 is 5.32 Å². The van der Waals surface area contributed by atoms with Crippen molar-refractivity contribution >= 4 is 11.9 Å². The highest BCUT2D eigenvalue weighted by Crippen LogP contribution is 1.95. The van der Waals surface area contributed by atoms with Gasteiger partial charge in [0.1, 0.15) is 6.04 Å². The molecule has 0 aliphatic rings. The molecule has 0 saturated heterocycles. The number of esters is 1. The molecule has 2 N–H and O–H groups in total. The molecule has 0 aromatic rings. The average molecular weight is 189 g/mol. The molecule has 13 heavy (non-hydrogen) atoms. The standard InChI is InChI=1S/C8H15NO4/c1-3-13-8(12)7(4-5-10)9-6(2)11/h7,10H,3-5H2,1-2H3,(H,9,11)/t7-/m0/s1. The van der Waals surface area contributed by atoms with Crippen molar-refractivity contribution in [2.75, 3.05) is 13.2 Å². The molecular formula is C8H15NO4. The van der Waals surface area contributed by atoms with Gasteiger partial charge in [0.2, 0.25) is 5.91 Å². The molecule has 0 bridgehead atoms. The summed E-state index contributed by atoms with van der Waals surface area (Å²) < 4.78 is 4.69. The maximum absolute atomic E-state index is 11.1. The van der Waals surface area contributed by atoms with E-state index in [4.69, 9.17) is 9.84 Å². The number of carbonyl (C=O) groups excluding carboxylic acids is 2. The third-order valence-electron chi connectivity index (χ3n) is 1.37. The molecule has 0 unspecified atom stereocenters. The van der Waals surface area contributed by atoms with Crippen LogP contribution >= 0.6 is 0 Å². The zero-order valence-electron chi connectivity index (χ0n) is 7.87. The van der Waals surface area contributed by atoms with Crippen molar-refractivity contribution in [2.45, 2.75) is 26.3 Å². The molecule has 0 radical (unpaired) electrons. The van der Waals surface area contributed by atoms with Gasteiger partial charge in [-0.05, 0) is 6.92 Å². The second-order valence-corrected chi connectivity index (χ2v) is 2.52. The van der Waals surface area contributed by atoms with Gasteiger partial charge in [0.25, 0.3) is 0 Å². The van der Waals surface area contributed by atoms with Crippen LogP contribution in [0.5, 0.6) is 0 Å². The Balaban J connectivity index is 4.06. The Bertz CT molecular complexity index is 181. The van der Waals surface area contributed by atoms with Crippen molar-refractivity contribution < 1.29 is 19.4 Å². The normalized spacial score (nSPS) is 11.9. The van der Waals surface area contributed by atoms with E-state index in [1.807, 2.05) is 0 Å². The topological polar surface area (TPSA) is 75.6 Å². The highest BCUT2D eigenvalue weighted by molar-refractivity contribution is 5.83. The Morgan fingerprint density at radius 2 is 2.15 bits per heavy atom. The van der Waals surface area contributed by atoms with E-state index in [2.05, 4.69) is 5.32 Å². The summed E-state index contributed by atoms with van der Waals surface area (Å²) in [6, 6.07) is -0.734. The zero-order chi connectivity index (χ0) is 10.3. The molecule has 1 amide bonds. The summed E-state index contributed by atoms with van der Waals surface area (Å²) in [6.45, 7) is 3.09. The summed E-state index contributed by atoms with van der Waals surface area (Å²) in [4.78, 5) is 21.8. The fourth-order valence-electron chi connectivity index (χ4n) is 0.866. The van der Waals surface area contributed by atoms with Crippen molar-refractivity contribution in [3.05, 3.63) is 0 Å². The molecule has 0 heterocycles. The van der Waals surface area contributed by atoms with Crippen LogP contribution in [-0.2, 0) is 14.3 Å². The van der Waals surface area contributed by atoms with Crippen LogP contribution in [0.15, 0.2) is 0 Å². The van der Waals surface area contributed by atoms with Crippen molar-refractivity contribution in [3.63, 3.8) is 0 Å². The summed E-state index contributed by atoms with van der Waals surface area (Å²) in [5.41, 5.74) is 0. The molecule has 5 heteroatoms. The van der Waals surface area contributed by atoms with Gasteiger partial charge in [-0.1, -0.05) is 0 Å². The highest BCUT2D eigenvalue weighted by Gasteiger charge is 2.19. The summed E-state index contributed by atoms with van der Waals surface area (Å²) in [5, 5.41) is 11.0. The fourth-order valence-corrected chi connectivity index (χ4v) is 0.866. The molecule has 5 nitrogen and oxygen atoms in total. The SMILES string of the molecule is CCOC(=O)[C@H](CCO)NC(C)=O. The van der Waals surface area contributed by atoms with E-state index in [1.54, 1.807) is 6.92 Å². The van der Waals surface area contributed by atoms with Gasteiger partial charge in [-0.3, -0.25) is 4.79 Å². The van der Waals surface area contributed by atoms with Crippen LogP contribution in [-0.4, -0.2) is 36.2 Å². The molecule has 0 aromatic carbocycles. The number of aliphatic hydroxyl groups is 1. The lowest BCUT2D eigenvalue weighted by Gasteiger charge is -2.14. The summed E-state index contributed by atoms with van der Waals surface area (Å²) in [5.74, 6) is -0.821. The first-order chi connectivity index (χ1) is 6.11. The Kier molecular flexibility index (Phi) is 5.88. The highest BCUT2D eigenvalue weighted by atomic mass is 16.5. The fraction of sp³-hybridized carbons (Fsp3) is 0.750. The lowest BCUT2D eigenvalue weighted by Crippen LogP contribution is -2.41. The molecule has 0 aliphatic carbocycles. The van der Waals surface area contributed by atoms with Crippen molar-refractivity contribution in [2.24, 2.45) is 0 Å². The Morgan fingerprint density at radius 1 is 1.54 bits per heavy atom. The molecule has 0 rings (SSSR count). The summed E-state index contributed by atoms with van der Waals surface area (Å²) in [6.07, 6.45) is 0.179. The number of hydrogen-bond donors (Lipinski definition) is 2. The van der Waals surface area contributed by atoms with Crippen molar-refractivity contribution in [1.29, 1.82) is 0 Å². The molecule has 0 spiro atoms. The molecule has 1 atom stereocenters. The number of nitrogens with one attached hydrogen (secondary N) is 1. The lowest BCUT2D eigenvalue weighted by molar-refractivity contribution is -0.147.